The van der Waals surface area contributed by atoms with Crippen molar-refractivity contribution in [2.45, 2.75) is 32.1 Å². The number of rotatable bonds is 10. The van der Waals surface area contributed by atoms with Crippen molar-refractivity contribution >= 4 is 23.7 Å². The highest BCUT2D eigenvalue weighted by molar-refractivity contribution is 7.97. The zero-order chi connectivity index (χ0) is 22.3. The molecule has 8 heteroatoms. The number of ether oxygens (including phenoxy) is 2. The third kappa shape index (κ3) is 5.92. The maximum Gasteiger partial charge on any atom is 0.233 e. The minimum Gasteiger partial charge on any atom is -0.491 e. The summed E-state index contributed by atoms with van der Waals surface area (Å²) in [6, 6.07) is 8.00. The molecule has 32 heavy (non-hydrogen) atoms. The number of benzene rings is 1. The van der Waals surface area contributed by atoms with E-state index >= 15 is 0 Å². The SMILES string of the molecule is COCCOc1ccc(-c2ncc(CC3CC3)nc2N2CCC(C(=O)NSC)CC2)cc1. The molecule has 4 rings (SSSR count). The van der Waals surface area contributed by atoms with E-state index in [-0.39, 0.29) is 11.8 Å². The Morgan fingerprint density at radius 2 is 1.91 bits per heavy atom. The van der Waals surface area contributed by atoms with Crippen molar-refractivity contribution in [1.29, 1.82) is 0 Å². The van der Waals surface area contributed by atoms with Gasteiger partial charge in [-0.3, -0.25) is 9.78 Å². The van der Waals surface area contributed by atoms with Crippen molar-refractivity contribution in [3.05, 3.63) is 36.2 Å². The zero-order valence-electron chi connectivity index (χ0n) is 18.9. The van der Waals surface area contributed by atoms with Gasteiger partial charge >= 0.3 is 0 Å². The Morgan fingerprint density at radius 3 is 2.56 bits per heavy atom. The zero-order valence-corrected chi connectivity index (χ0v) is 19.7. The van der Waals surface area contributed by atoms with Gasteiger partial charge in [0.05, 0.1) is 12.3 Å². The highest BCUT2D eigenvalue weighted by Crippen LogP contribution is 2.35. The second kappa shape index (κ2) is 11.0. The van der Waals surface area contributed by atoms with Gasteiger partial charge in [0.1, 0.15) is 18.1 Å². The van der Waals surface area contributed by atoms with Crippen LogP contribution in [0.5, 0.6) is 5.75 Å². The summed E-state index contributed by atoms with van der Waals surface area (Å²) in [5.74, 6) is 2.70. The molecule has 0 bridgehead atoms. The third-order valence-corrected chi connectivity index (χ3v) is 6.46. The lowest BCUT2D eigenvalue weighted by molar-refractivity contribution is -0.123. The first-order valence-electron chi connectivity index (χ1n) is 11.3. The second-order valence-corrected chi connectivity index (χ2v) is 9.09. The molecular weight excluding hydrogens is 424 g/mol. The number of piperidine rings is 1. The van der Waals surface area contributed by atoms with Crippen molar-refractivity contribution in [3.63, 3.8) is 0 Å². The Kier molecular flexibility index (Phi) is 7.86. The van der Waals surface area contributed by atoms with Gasteiger partial charge in [0.25, 0.3) is 0 Å². The molecule has 0 atom stereocenters. The van der Waals surface area contributed by atoms with Crippen LogP contribution in [0.3, 0.4) is 0 Å². The highest BCUT2D eigenvalue weighted by Gasteiger charge is 2.28. The summed E-state index contributed by atoms with van der Waals surface area (Å²) in [5.41, 5.74) is 2.97. The van der Waals surface area contributed by atoms with E-state index in [4.69, 9.17) is 19.4 Å². The van der Waals surface area contributed by atoms with Crippen molar-refractivity contribution < 1.29 is 14.3 Å². The van der Waals surface area contributed by atoms with E-state index in [9.17, 15) is 4.79 Å². The number of aromatic nitrogens is 2. The van der Waals surface area contributed by atoms with Crippen LogP contribution in [-0.4, -0.2) is 55.5 Å². The van der Waals surface area contributed by atoms with E-state index < -0.39 is 0 Å². The van der Waals surface area contributed by atoms with E-state index in [1.807, 2.05) is 36.7 Å². The van der Waals surface area contributed by atoms with Crippen molar-refractivity contribution in [2.75, 3.05) is 44.6 Å². The number of anilines is 1. The van der Waals surface area contributed by atoms with Crippen molar-refractivity contribution in [1.82, 2.24) is 14.7 Å². The summed E-state index contributed by atoms with van der Waals surface area (Å²) in [5, 5.41) is 0. The molecule has 2 heterocycles. The third-order valence-electron chi connectivity index (χ3n) is 6.05. The lowest BCUT2D eigenvalue weighted by Gasteiger charge is -2.33. The fourth-order valence-electron chi connectivity index (χ4n) is 4.04. The number of carbonyl (C=O) groups excluding carboxylic acids is 1. The summed E-state index contributed by atoms with van der Waals surface area (Å²) in [4.78, 5) is 24.4. The largest absolute Gasteiger partial charge is 0.491 e. The quantitative estimate of drug-likeness (QED) is 0.431. The van der Waals surface area contributed by atoms with Gasteiger partial charge < -0.3 is 19.1 Å². The predicted octanol–water partition coefficient (Wildman–Crippen LogP) is 3.73. The Labute approximate surface area is 194 Å². The molecule has 2 aromatic rings. The number of nitrogens with zero attached hydrogens (tertiary/aromatic N) is 3. The van der Waals surface area contributed by atoms with Crippen LogP contribution < -0.4 is 14.4 Å². The molecule has 1 saturated heterocycles. The first kappa shape index (κ1) is 22.9. The molecule has 1 aromatic heterocycles. The van der Waals surface area contributed by atoms with E-state index in [1.165, 1.54) is 24.8 Å². The summed E-state index contributed by atoms with van der Waals surface area (Å²) in [6.45, 7) is 2.69. The lowest BCUT2D eigenvalue weighted by Crippen LogP contribution is -2.39. The van der Waals surface area contributed by atoms with Gasteiger partial charge in [0.2, 0.25) is 5.91 Å². The van der Waals surface area contributed by atoms with Crippen molar-refractivity contribution in [2.24, 2.45) is 11.8 Å². The van der Waals surface area contributed by atoms with E-state index in [2.05, 4.69) is 9.62 Å². The monoisotopic (exact) mass is 456 g/mol. The molecule has 1 N–H and O–H groups in total. The minimum absolute atomic E-state index is 0.0632. The van der Waals surface area contributed by atoms with E-state index in [1.54, 1.807) is 7.11 Å². The predicted molar refractivity (Wildman–Crippen MR) is 128 cm³/mol. The fraction of sp³-hybridized carbons (Fsp3) is 0.542. The van der Waals surface area contributed by atoms with Gasteiger partial charge in [0, 0.05) is 44.1 Å². The molecule has 1 aliphatic heterocycles. The van der Waals surface area contributed by atoms with Crippen LogP contribution in [0.2, 0.25) is 0 Å². The van der Waals surface area contributed by atoms with E-state index in [0.717, 1.165) is 66.8 Å². The highest BCUT2D eigenvalue weighted by atomic mass is 32.2. The number of carbonyl (C=O) groups is 1. The van der Waals surface area contributed by atoms with Gasteiger partial charge in [-0.25, -0.2) is 4.98 Å². The molecule has 1 saturated carbocycles. The molecule has 0 radical (unpaired) electrons. The average Bonchev–Trinajstić information content (AvgIpc) is 3.64. The normalized spacial score (nSPS) is 16.8. The van der Waals surface area contributed by atoms with Crippen LogP contribution in [0, 0.1) is 11.8 Å². The number of amides is 1. The summed E-state index contributed by atoms with van der Waals surface area (Å²) in [7, 11) is 1.66. The second-order valence-electron chi connectivity index (χ2n) is 8.48. The minimum atomic E-state index is 0.0632. The first-order valence-corrected chi connectivity index (χ1v) is 12.6. The Balaban J connectivity index is 1.52. The smallest absolute Gasteiger partial charge is 0.233 e. The molecule has 0 spiro atoms. The Bertz CT molecular complexity index is 897. The maximum atomic E-state index is 12.2. The number of hydrogen-bond donors (Lipinski definition) is 1. The Morgan fingerprint density at radius 1 is 1.16 bits per heavy atom. The lowest BCUT2D eigenvalue weighted by atomic mass is 9.96. The summed E-state index contributed by atoms with van der Waals surface area (Å²) >= 11 is 1.37. The number of hydrogen-bond acceptors (Lipinski definition) is 7. The molecule has 1 amide bonds. The van der Waals surface area contributed by atoms with Gasteiger partial charge in [0.15, 0.2) is 5.82 Å². The number of nitrogens with one attached hydrogen (secondary N) is 1. The average molecular weight is 457 g/mol. The fourth-order valence-corrected chi connectivity index (χ4v) is 4.41. The molecular formula is C24H32N4O3S. The molecule has 2 aliphatic rings. The van der Waals surface area contributed by atoms with Crippen LogP contribution in [0.15, 0.2) is 30.5 Å². The maximum absolute atomic E-state index is 12.2. The topological polar surface area (TPSA) is 76.6 Å². The van der Waals surface area contributed by atoms with Gasteiger partial charge in [-0.1, -0.05) is 11.9 Å². The first-order chi connectivity index (χ1) is 15.7. The molecule has 1 aliphatic carbocycles. The Hall–Kier alpha value is -2.32. The molecule has 0 unspecified atom stereocenters. The molecule has 7 nitrogen and oxygen atoms in total. The van der Waals surface area contributed by atoms with Crippen LogP contribution in [0.1, 0.15) is 31.4 Å². The molecule has 1 aromatic carbocycles. The molecule has 2 fully saturated rings. The van der Waals surface area contributed by atoms with Crippen LogP contribution in [0.25, 0.3) is 11.3 Å². The molecule has 172 valence electrons. The van der Waals surface area contributed by atoms with Gasteiger partial charge in [-0.15, -0.1) is 0 Å². The number of methoxy groups -OCH3 is 1. The van der Waals surface area contributed by atoms with Gasteiger partial charge in [-0.2, -0.15) is 0 Å². The summed E-state index contributed by atoms with van der Waals surface area (Å²) < 4.78 is 13.6. The standard InChI is InChI=1S/C24H32N4O3S/c1-30-13-14-31-21-7-5-18(6-8-21)22-23(26-20(16-25-22)15-17-3-4-17)28-11-9-19(10-12-28)24(29)27-32-2/h5-8,16-17,19H,3-4,9-15H2,1-2H3,(H,27,29). The van der Waals surface area contributed by atoms with Crippen LogP contribution in [-0.2, 0) is 16.0 Å². The van der Waals surface area contributed by atoms with Crippen LogP contribution in [0.4, 0.5) is 5.82 Å². The van der Waals surface area contributed by atoms with Gasteiger partial charge in [-0.05, 0) is 62.3 Å². The summed E-state index contributed by atoms with van der Waals surface area (Å²) in [6.07, 6.45) is 9.05. The van der Waals surface area contributed by atoms with Crippen molar-refractivity contribution in [3.8, 4) is 17.0 Å². The van der Waals surface area contributed by atoms with Crippen LogP contribution >= 0.6 is 11.9 Å². The van der Waals surface area contributed by atoms with E-state index in [0.29, 0.717) is 13.2 Å².